The van der Waals surface area contributed by atoms with E-state index in [9.17, 15) is 0 Å². The molecule has 2 nitrogen and oxygen atoms in total. The first-order chi connectivity index (χ1) is 4.41. The van der Waals surface area contributed by atoms with E-state index in [0.29, 0.717) is 6.54 Å². The van der Waals surface area contributed by atoms with Crippen LogP contribution < -0.4 is 0 Å². The maximum atomic E-state index is 4.66. The molecule has 0 aromatic carbocycles. The summed E-state index contributed by atoms with van der Waals surface area (Å²) in [5.41, 5.74) is 0. The van der Waals surface area contributed by atoms with Crippen molar-refractivity contribution in [3.8, 4) is 11.8 Å². The lowest BCUT2D eigenvalue weighted by Crippen LogP contribution is -1.82. The van der Waals surface area contributed by atoms with Crippen LogP contribution in [-0.4, -0.2) is 21.0 Å². The maximum absolute atomic E-state index is 4.66. The zero-order chi connectivity index (χ0) is 6.95. The molecule has 0 aliphatic rings. The van der Waals surface area contributed by atoms with Gasteiger partial charge in [0.05, 0.1) is 6.54 Å². The second kappa shape index (κ2) is 7.09. The number of aliphatic imine (C=N–C) groups is 1. The average Bonchev–Trinajstić information content (AvgIpc) is 1.89. The van der Waals surface area contributed by atoms with E-state index in [0.717, 1.165) is 6.42 Å². The maximum Gasteiger partial charge on any atom is 0.375 e. The van der Waals surface area contributed by atoms with Gasteiger partial charge in [-0.05, 0) is 6.92 Å². The second-order valence-electron chi connectivity index (χ2n) is 1.32. The third-order valence-corrected chi connectivity index (χ3v) is 0.678. The molecule has 0 bridgehead atoms. The van der Waals surface area contributed by atoms with E-state index < -0.39 is 0 Å². The minimum Gasteiger partial charge on any atom is -0.560 e. The number of rotatable bonds is 3. The van der Waals surface area contributed by atoms with Crippen LogP contribution in [0.2, 0.25) is 0 Å². The summed E-state index contributed by atoms with van der Waals surface area (Å²) in [7, 11) is 4.66. The fourth-order valence-electron chi connectivity index (χ4n) is 0.341. The first-order valence-electron chi connectivity index (χ1n) is 2.65. The van der Waals surface area contributed by atoms with E-state index in [1.165, 1.54) is 6.40 Å². The smallest absolute Gasteiger partial charge is 0.375 e. The molecule has 2 radical (unpaired) electrons. The molecule has 0 rings (SSSR count). The summed E-state index contributed by atoms with van der Waals surface area (Å²) < 4.78 is 4.08. The van der Waals surface area contributed by atoms with E-state index in [4.69, 9.17) is 0 Å². The summed E-state index contributed by atoms with van der Waals surface area (Å²) >= 11 is 0. The molecule has 0 aliphatic heterocycles. The van der Waals surface area contributed by atoms with Crippen molar-refractivity contribution in [2.45, 2.75) is 13.3 Å². The number of hydrogen-bond donors (Lipinski definition) is 0. The Hall–Kier alpha value is -0.905. The Morgan fingerprint density at radius 1 is 1.78 bits per heavy atom. The zero-order valence-electron chi connectivity index (χ0n) is 5.42. The third kappa shape index (κ3) is 7.09. The van der Waals surface area contributed by atoms with Crippen LogP contribution in [0.4, 0.5) is 0 Å². The molecule has 46 valence electrons. The molecular formula is C6H8BNO. The quantitative estimate of drug-likeness (QED) is 0.175. The fourth-order valence-corrected chi connectivity index (χ4v) is 0.341. The molecule has 0 fully saturated rings. The lowest BCUT2D eigenvalue weighted by atomic mass is 10.4. The highest BCUT2D eigenvalue weighted by Crippen LogP contribution is 1.75. The fraction of sp³-hybridized carbons (Fsp3) is 0.500. The van der Waals surface area contributed by atoms with Gasteiger partial charge in [-0.1, -0.05) is 0 Å². The van der Waals surface area contributed by atoms with Gasteiger partial charge >= 0.3 is 8.05 Å². The predicted octanol–water partition coefficient (Wildman–Crippen LogP) is 0.528. The Bertz CT molecular complexity index is 134. The van der Waals surface area contributed by atoms with Gasteiger partial charge in [-0.25, -0.2) is 0 Å². The molecule has 0 spiro atoms. The summed E-state index contributed by atoms with van der Waals surface area (Å²) in [5.74, 6) is 5.60. The molecule has 0 saturated carbocycles. The summed E-state index contributed by atoms with van der Waals surface area (Å²) in [6.45, 7) is 2.45. The molecule has 0 aliphatic carbocycles. The molecule has 0 amide bonds. The molecule has 0 saturated heterocycles. The zero-order valence-corrected chi connectivity index (χ0v) is 5.42. The third-order valence-electron chi connectivity index (χ3n) is 0.678. The van der Waals surface area contributed by atoms with Gasteiger partial charge in [-0.3, -0.25) is 4.99 Å². The Balaban J connectivity index is 3.06. The number of nitrogens with zero attached hydrogens (tertiary/aromatic N) is 1. The van der Waals surface area contributed by atoms with Crippen LogP contribution in [0.15, 0.2) is 4.99 Å². The largest absolute Gasteiger partial charge is 0.560 e. The Kier molecular flexibility index (Phi) is 6.38. The van der Waals surface area contributed by atoms with Gasteiger partial charge < -0.3 is 4.65 Å². The standard InChI is InChI=1S/C6H8BNO/c1-2-3-4-5-8-6-9-7/h6H,4-5H2,1H3. The lowest BCUT2D eigenvalue weighted by Gasteiger charge is -1.84. The first kappa shape index (κ1) is 8.09. The van der Waals surface area contributed by atoms with Crippen molar-refractivity contribution in [1.82, 2.24) is 0 Å². The van der Waals surface area contributed by atoms with Gasteiger partial charge in [0.2, 0.25) is 0 Å². The van der Waals surface area contributed by atoms with E-state index in [1.54, 1.807) is 6.92 Å². The van der Waals surface area contributed by atoms with Crippen LogP contribution in [-0.2, 0) is 4.65 Å². The van der Waals surface area contributed by atoms with E-state index in [-0.39, 0.29) is 0 Å². The SMILES string of the molecule is [B]OC=NCCC#CC. The molecule has 0 atom stereocenters. The summed E-state index contributed by atoms with van der Waals surface area (Å²) in [4.78, 5) is 3.75. The highest BCUT2D eigenvalue weighted by atomic mass is 16.4. The molecule has 0 aromatic rings. The number of hydrogen-bond acceptors (Lipinski definition) is 2. The van der Waals surface area contributed by atoms with E-state index >= 15 is 0 Å². The highest BCUT2D eigenvalue weighted by molar-refractivity contribution is 6.02. The van der Waals surface area contributed by atoms with Crippen LogP contribution in [0.25, 0.3) is 0 Å². The van der Waals surface area contributed by atoms with Gasteiger partial charge in [0.15, 0.2) is 0 Å². The predicted molar refractivity (Wildman–Crippen MR) is 38.3 cm³/mol. The van der Waals surface area contributed by atoms with Crippen molar-refractivity contribution in [2.24, 2.45) is 4.99 Å². The van der Waals surface area contributed by atoms with Crippen molar-refractivity contribution in [3.63, 3.8) is 0 Å². The topological polar surface area (TPSA) is 21.6 Å². The lowest BCUT2D eigenvalue weighted by molar-refractivity contribution is 0.635. The molecule has 0 heterocycles. The van der Waals surface area contributed by atoms with Gasteiger partial charge in [0.25, 0.3) is 0 Å². The van der Waals surface area contributed by atoms with Crippen LogP contribution >= 0.6 is 0 Å². The van der Waals surface area contributed by atoms with Crippen molar-refractivity contribution in [2.75, 3.05) is 6.54 Å². The van der Waals surface area contributed by atoms with E-state index in [1.807, 2.05) is 0 Å². The van der Waals surface area contributed by atoms with Gasteiger partial charge in [0.1, 0.15) is 6.40 Å². The molecule has 3 heteroatoms. The summed E-state index contributed by atoms with van der Waals surface area (Å²) in [6, 6.07) is 0. The minimum atomic E-state index is 0.651. The Morgan fingerprint density at radius 2 is 2.56 bits per heavy atom. The van der Waals surface area contributed by atoms with Crippen LogP contribution in [0.1, 0.15) is 13.3 Å². The minimum absolute atomic E-state index is 0.651. The molecule has 0 aromatic heterocycles. The average molecular weight is 121 g/mol. The van der Waals surface area contributed by atoms with Crippen molar-refractivity contribution in [3.05, 3.63) is 0 Å². The molecule has 9 heavy (non-hydrogen) atoms. The van der Waals surface area contributed by atoms with Crippen LogP contribution in [0, 0.1) is 11.8 Å². The second-order valence-corrected chi connectivity index (χ2v) is 1.32. The van der Waals surface area contributed by atoms with Crippen molar-refractivity contribution in [1.29, 1.82) is 0 Å². The van der Waals surface area contributed by atoms with Crippen molar-refractivity contribution < 1.29 is 4.65 Å². The Labute approximate surface area is 56.8 Å². The first-order valence-corrected chi connectivity index (χ1v) is 2.65. The van der Waals surface area contributed by atoms with Gasteiger partial charge in [0, 0.05) is 6.42 Å². The van der Waals surface area contributed by atoms with Crippen molar-refractivity contribution >= 4 is 14.4 Å². The van der Waals surface area contributed by atoms with Gasteiger partial charge in [-0.2, -0.15) is 0 Å². The normalized spacial score (nSPS) is 8.56. The summed E-state index contributed by atoms with van der Waals surface area (Å²) in [5, 5.41) is 0. The monoisotopic (exact) mass is 121 g/mol. The molecular weight excluding hydrogens is 113 g/mol. The summed E-state index contributed by atoms with van der Waals surface area (Å²) in [6.07, 6.45) is 1.97. The van der Waals surface area contributed by atoms with Crippen LogP contribution in [0.3, 0.4) is 0 Å². The highest BCUT2D eigenvalue weighted by Gasteiger charge is 1.72. The van der Waals surface area contributed by atoms with Gasteiger partial charge in [-0.15, -0.1) is 11.8 Å². The molecule has 0 unspecified atom stereocenters. The molecule has 0 N–H and O–H groups in total. The Morgan fingerprint density at radius 3 is 3.11 bits per heavy atom. The van der Waals surface area contributed by atoms with Crippen LogP contribution in [0.5, 0.6) is 0 Å². The van der Waals surface area contributed by atoms with E-state index in [2.05, 4.69) is 29.5 Å².